The summed E-state index contributed by atoms with van der Waals surface area (Å²) in [6.45, 7) is 8.11. The maximum Gasteiger partial charge on any atom is 0.256 e. The Hall–Kier alpha value is -1.75. The lowest BCUT2D eigenvalue weighted by Gasteiger charge is -2.12. The molecule has 0 unspecified atom stereocenters. The molecule has 1 amide bonds. The van der Waals surface area contributed by atoms with Crippen LogP contribution in [-0.4, -0.2) is 21.4 Å². The van der Waals surface area contributed by atoms with Gasteiger partial charge in [0.05, 0.1) is 5.69 Å². The maximum absolute atomic E-state index is 12.4. The summed E-state index contributed by atoms with van der Waals surface area (Å²) in [5.41, 5.74) is 1.57. The van der Waals surface area contributed by atoms with Crippen molar-refractivity contribution in [2.24, 2.45) is 0 Å². The average Bonchev–Trinajstić information content (AvgIpc) is 2.80. The Bertz CT molecular complexity index is 634. The predicted molar refractivity (Wildman–Crippen MR) is 88.1 cm³/mol. The van der Waals surface area contributed by atoms with Gasteiger partial charge in [0.15, 0.2) is 0 Å². The van der Waals surface area contributed by atoms with Crippen molar-refractivity contribution < 1.29 is 4.79 Å². The number of amides is 1. The molecule has 4 nitrogen and oxygen atoms in total. The minimum absolute atomic E-state index is 0.102. The lowest BCUT2D eigenvalue weighted by Crippen LogP contribution is -2.16. The molecule has 2 aromatic rings. The number of hydrogen-bond donors (Lipinski definition) is 1. The number of aromatic nitrogens is 2. The van der Waals surface area contributed by atoms with Gasteiger partial charge in [-0.15, -0.1) is 11.8 Å². The number of benzene rings is 1. The van der Waals surface area contributed by atoms with Crippen molar-refractivity contribution in [1.82, 2.24) is 9.78 Å². The van der Waals surface area contributed by atoms with Crippen LogP contribution in [0.5, 0.6) is 0 Å². The van der Waals surface area contributed by atoms with E-state index in [1.54, 1.807) is 11.8 Å². The topological polar surface area (TPSA) is 46.9 Å². The molecule has 0 aliphatic heterocycles. The zero-order valence-corrected chi connectivity index (χ0v) is 13.7. The Morgan fingerprint density at radius 1 is 1.38 bits per heavy atom. The van der Waals surface area contributed by atoms with Crippen LogP contribution in [0.1, 0.15) is 42.9 Å². The molecule has 0 saturated carbocycles. The fourth-order valence-electron chi connectivity index (χ4n) is 2.09. The van der Waals surface area contributed by atoms with Gasteiger partial charge in [0.25, 0.3) is 5.91 Å². The van der Waals surface area contributed by atoms with Gasteiger partial charge in [-0.3, -0.25) is 4.79 Å². The largest absolute Gasteiger partial charge is 0.307 e. The molecule has 0 saturated heterocycles. The van der Waals surface area contributed by atoms with Gasteiger partial charge in [0.1, 0.15) is 5.82 Å². The fourth-order valence-corrected chi connectivity index (χ4v) is 2.80. The monoisotopic (exact) mass is 303 g/mol. The van der Waals surface area contributed by atoms with Crippen molar-refractivity contribution in [3.63, 3.8) is 0 Å². The van der Waals surface area contributed by atoms with E-state index in [1.807, 2.05) is 55.8 Å². The summed E-state index contributed by atoms with van der Waals surface area (Å²) >= 11 is 1.73. The highest BCUT2D eigenvalue weighted by Gasteiger charge is 2.13. The van der Waals surface area contributed by atoms with E-state index in [0.29, 0.717) is 5.56 Å². The first-order valence-corrected chi connectivity index (χ1v) is 8.10. The van der Waals surface area contributed by atoms with E-state index in [-0.39, 0.29) is 11.9 Å². The van der Waals surface area contributed by atoms with E-state index in [9.17, 15) is 4.79 Å². The molecule has 0 aliphatic carbocycles. The predicted octanol–water partition coefficient (Wildman–Crippen LogP) is 4.14. The molecule has 1 aromatic heterocycles. The third-order valence-corrected chi connectivity index (χ3v) is 3.87. The lowest BCUT2D eigenvalue weighted by molar-refractivity contribution is 0.102. The fraction of sp³-hybridized carbons (Fsp3) is 0.375. The van der Waals surface area contributed by atoms with Crippen molar-refractivity contribution in [3.8, 4) is 0 Å². The minimum atomic E-state index is -0.102. The Balaban J connectivity index is 2.20. The zero-order chi connectivity index (χ0) is 15.4. The summed E-state index contributed by atoms with van der Waals surface area (Å²) in [5, 5.41) is 7.35. The summed E-state index contributed by atoms with van der Waals surface area (Å²) < 4.78 is 1.83. The molecular weight excluding hydrogens is 282 g/mol. The van der Waals surface area contributed by atoms with Crippen LogP contribution in [0.2, 0.25) is 0 Å². The summed E-state index contributed by atoms with van der Waals surface area (Å²) in [5.74, 6) is 1.63. The normalized spacial score (nSPS) is 10.9. The average molecular weight is 303 g/mol. The van der Waals surface area contributed by atoms with Crippen LogP contribution in [0.15, 0.2) is 35.2 Å². The summed E-state index contributed by atoms with van der Waals surface area (Å²) in [4.78, 5) is 13.5. The van der Waals surface area contributed by atoms with E-state index in [1.165, 1.54) is 0 Å². The molecule has 5 heteroatoms. The van der Waals surface area contributed by atoms with Crippen LogP contribution in [-0.2, 0) is 0 Å². The number of nitrogens with zero attached hydrogens (tertiary/aromatic N) is 2. The second-order valence-corrected chi connectivity index (χ2v) is 6.46. The second-order valence-electron chi connectivity index (χ2n) is 5.12. The van der Waals surface area contributed by atoms with Gasteiger partial charge < -0.3 is 5.32 Å². The molecule has 1 N–H and O–H groups in total. The lowest BCUT2D eigenvalue weighted by atomic mass is 10.2. The van der Waals surface area contributed by atoms with E-state index in [2.05, 4.69) is 17.3 Å². The van der Waals surface area contributed by atoms with Gasteiger partial charge in [-0.2, -0.15) is 5.10 Å². The van der Waals surface area contributed by atoms with Gasteiger partial charge in [-0.25, -0.2) is 4.68 Å². The van der Waals surface area contributed by atoms with Crippen LogP contribution < -0.4 is 5.32 Å². The number of thioether (sulfide) groups is 1. The third kappa shape index (κ3) is 3.88. The first kappa shape index (κ1) is 15.6. The minimum Gasteiger partial charge on any atom is -0.307 e. The van der Waals surface area contributed by atoms with Crippen LogP contribution in [0.3, 0.4) is 0 Å². The summed E-state index contributed by atoms with van der Waals surface area (Å²) in [6.07, 6.45) is 0. The van der Waals surface area contributed by atoms with Crippen molar-refractivity contribution in [2.45, 2.75) is 38.6 Å². The first-order chi connectivity index (χ1) is 10.0. The Morgan fingerprint density at radius 3 is 2.81 bits per heavy atom. The van der Waals surface area contributed by atoms with Gasteiger partial charge >= 0.3 is 0 Å². The van der Waals surface area contributed by atoms with E-state index >= 15 is 0 Å². The van der Waals surface area contributed by atoms with Gasteiger partial charge in [0.2, 0.25) is 0 Å². The van der Waals surface area contributed by atoms with Crippen LogP contribution in [0.25, 0.3) is 0 Å². The molecule has 0 atom stereocenters. The summed E-state index contributed by atoms with van der Waals surface area (Å²) in [7, 11) is 0. The van der Waals surface area contributed by atoms with E-state index < -0.39 is 0 Å². The van der Waals surface area contributed by atoms with Crippen molar-refractivity contribution in [2.75, 3.05) is 11.1 Å². The standard InChI is InChI=1S/C16H21N3OS/c1-5-21-14-8-6-7-13(10-14)16(20)17-15-9-12(4)18-19(15)11(2)3/h6-11H,5H2,1-4H3,(H,17,20). The van der Waals surface area contributed by atoms with Crippen molar-refractivity contribution >= 4 is 23.5 Å². The smallest absolute Gasteiger partial charge is 0.256 e. The van der Waals surface area contributed by atoms with Gasteiger partial charge in [-0.1, -0.05) is 13.0 Å². The molecular formula is C16H21N3OS. The molecule has 0 fully saturated rings. The Morgan fingerprint density at radius 2 is 2.14 bits per heavy atom. The number of hydrogen-bond acceptors (Lipinski definition) is 3. The number of anilines is 1. The summed E-state index contributed by atoms with van der Waals surface area (Å²) in [6, 6.07) is 9.79. The molecule has 1 aromatic carbocycles. The van der Waals surface area contributed by atoms with Crippen LogP contribution in [0.4, 0.5) is 5.82 Å². The maximum atomic E-state index is 12.4. The number of rotatable bonds is 5. The molecule has 2 rings (SSSR count). The molecule has 112 valence electrons. The van der Waals surface area contributed by atoms with Gasteiger partial charge in [-0.05, 0) is 44.7 Å². The van der Waals surface area contributed by atoms with Crippen molar-refractivity contribution in [1.29, 1.82) is 0 Å². The molecule has 1 heterocycles. The molecule has 0 aliphatic rings. The molecule has 0 spiro atoms. The molecule has 0 bridgehead atoms. The third-order valence-electron chi connectivity index (χ3n) is 3.00. The van der Waals surface area contributed by atoms with E-state index in [4.69, 9.17) is 0 Å². The Labute approximate surface area is 129 Å². The highest BCUT2D eigenvalue weighted by atomic mass is 32.2. The first-order valence-electron chi connectivity index (χ1n) is 7.11. The number of aryl methyl sites for hydroxylation is 1. The highest BCUT2D eigenvalue weighted by molar-refractivity contribution is 7.99. The highest BCUT2D eigenvalue weighted by Crippen LogP contribution is 2.20. The number of carbonyl (C=O) groups excluding carboxylic acids is 1. The second kappa shape index (κ2) is 6.80. The van der Waals surface area contributed by atoms with E-state index in [0.717, 1.165) is 22.2 Å². The van der Waals surface area contributed by atoms with Gasteiger partial charge in [0, 0.05) is 22.6 Å². The Kier molecular flexibility index (Phi) is 5.07. The van der Waals surface area contributed by atoms with Crippen molar-refractivity contribution in [3.05, 3.63) is 41.6 Å². The zero-order valence-electron chi connectivity index (χ0n) is 12.9. The quantitative estimate of drug-likeness (QED) is 0.845. The molecule has 0 radical (unpaired) electrons. The van der Waals surface area contributed by atoms with Crippen LogP contribution >= 0.6 is 11.8 Å². The molecule has 21 heavy (non-hydrogen) atoms. The SMILES string of the molecule is CCSc1cccc(C(=O)Nc2cc(C)nn2C(C)C)c1. The van der Waals surface area contributed by atoms with Crippen LogP contribution in [0, 0.1) is 6.92 Å². The number of nitrogens with one attached hydrogen (secondary N) is 1. The number of carbonyl (C=O) groups is 1.